The zero-order chi connectivity index (χ0) is 8.27. The monoisotopic (exact) mass is 157 g/mol. The van der Waals surface area contributed by atoms with E-state index in [1.807, 2.05) is 0 Å². The van der Waals surface area contributed by atoms with E-state index in [-0.39, 0.29) is 6.04 Å². The molecule has 0 heterocycles. The minimum absolute atomic E-state index is 0.129. The van der Waals surface area contributed by atoms with Gasteiger partial charge in [-0.25, -0.2) is 4.79 Å². The van der Waals surface area contributed by atoms with Gasteiger partial charge in [0.05, 0.1) is 12.1 Å². The molecule has 0 aromatic rings. The summed E-state index contributed by atoms with van der Waals surface area (Å²) in [5, 5.41) is 19.6. The van der Waals surface area contributed by atoms with Crippen LogP contribution in [0, 0.1) is 0 Å². The quantitative estimate of drug-likeness (QED) is 0.480. The Hall–Kier alpha value is -1.03. The van der Waals surface area contributed by atoms with Gasteiger partial charge in [-0.2, -0.15) is 0 Å². The fourth-order valence-electron chi connectivity index (χ4n) is 1.08. The van der Waals surface area contributed by atoms with Crippen molar-refractivity contribution in [1.29, 1.82) is 0 Å². The maximum atomic E-state index is 10.1. The Bertz CT molecular complexity index is 179. The predicted octanol–water partition coefficient (Wildman–Crippen LogP) is 0.333. The standard InChI is InChI=1S/C7H11NO3/c9-6-3-1-5(2-4-6)8-7(10)11/h1,3,5-6,8-9H,2,4H2,(H,10,11). The molecule has 2 atom stereocenters. The number of rotatable bonds is 1. The van der Waals surface area contributed by atoms with E-state index in [4.69, 9.17) is 10.2 Å². The van der Waals surface area contributed by atoms with E-state index in [2.05, 4.69) is 5.32 Å². The van der Waals surface area contributed by atoms with Gasteiger partial charge >= 0.3 is 6.09 Å². The van der Waals surface area contributed by atoms with Crippen molar-refractivity contribution >= 4 is 6.09 Å². The number of hydrogen-bond donors (Lipinski definition) is 3. The summed E-state index contributed by atoms with van der Waals surface area (Å²) in [6.07, 6.45) is 3.18. The summed E-state index contributed by atoms with van der Waals surface area (Å²) in [4.78, 5) is 10.1. The number of nitrogens with one attached hydrogen (secondary N) is 1. The maximum Gasteiger partial charge on any atom is 0.405 e. The average molecular weight is 157 g/mol. The van der Waals surface area contributed by atoms with Crippen molar-refractivity contribution in [3.8, 4) is 0 Å². The summed E-state index contributed by atoms with van der Waals surface area (Å²) in [5.74, 6) is 0. The third-order valence-electron chi connectivity index (χ3n) is 1.65. The zero-order valence-corrected chi connectivity index (χ0v) is 6.03. The second kappa shape index (κ2) is 3.39. The zero-order valence-electron chi connectivity index (χ0n) is 6.03. The summed E-state index contributed by atoms with van der Waals surface area (Å²) in [5.41, 5.74) is 0. The molecule has 0 saturated heterocycles. The molecular weight excluding hydrogens is 146 g/mol. The van der Waals surface area contributed by atoms with E-state index >= 15 is 0 Å². The highest BCUT2D eigenvalue weighted by Gasteiger charge is 2.14. The first-order chi connectivity index (χ1) is 5.18. The molecular formula is C7H11NO3. The van der Waals surface area contributed by atoms with Crippen LogP contribution < -0.4 is 5.32 Å². The lowest BCUT2D eigenvalue weighted by Crippen LogP contribution is -2.34. The van der Waals surface area contributed by atoms with E-state index in [1.165, 1.54) is 0 Å². The first-order valence-electron chi connectivity index (χ1n) is 3.54. The van der Waals surface area contributed by atoms with Gasteiger partial charge in [0.1, 0.15) is 0 Å². The van der Waals surface area contributed by atoms with E-state index < -0.39 is 12.2 Å². The molecule has 11 heavy (non-hydrogen) atoms. The molecule has 4 heteroatoms. The van der Waals surface area contributed by atoms with Crippen molar-refractivity contribution in [3.05, 3.63) is 12.2 Å². The summed E-state index contributed by atoms with van der Waals surface area (Å²) in [7, 11) is 0. The van der Waals surface area contributed by atoms with Crippen LogP contribution in [0.3, 0.4) is 0 Å². The summed E-state index contributed by atoms with van der Waals surface area (Å²) in [6.45, 7) is 0. The Morgan fingerprint density at radius 2 is 2.18 bits per heavy atom. The molecule has 2 unspecified atom stereocenters. The average Bonchev–Trinajstić information content (AvgIpc) is 1.93. The van der Waals surface area contributed by atoms with Gasteiger partial charge in [-0.15, -0.1) is 0 Å². The smallest absolute Gasteiger partial charge is 0.405 e. The van der Waals surface area contributed by atoms with E-state index in [0.717, 1.165) is 0 Å². The largest absolute Gasteiger partial charge is 0.465 e. The fraction of sp³-hybridized carbons (Fsp3) is 0.571. The van der Waals surface area contributed by atoms with Gasteiger partial charge in [0.25, 0.3) is 0 Å². The lowest BCUT2D eigenvalue weighted by atomic mass is 10.0. The molecule has 1 amide bonds. The first-order valence-corrected chi connectivity index (χ1v) is 3.54. The highest BCUT2D eigenvalue weighted by molar-refractivity contribution is 5.65. The second-order valence-electron chi connectivity index (χ2n) is 2.59. The van der Waals surface area contributed by atoms with Crippen LogP contribution in [0.15, 0.2) is 12.2 Å². The predicted molar refractivity (Wildman–Crippen MR) is 39.3 cm³/mol. The molecule has 0 spiro atoms. The highest BCUT2D eigenvalue weighted by atomic mass is 16.4. The first kappa shape index (κ1) is 8.07. The van der Waals surface area contributed by atoms with Crippen molar-refractivity contribution in [2.45, 2.75) is 25.0 Å². The van der Waals surface area contributed by atoms with Crippen LogP contribution >= 0.6 is 0 Å². The molecule has 0 bridgehead atoms. The number of aliphatic hydroxyl groups excluding tert-OH is 1. The maximum absolute atomic E-state index is 10.1. The number of amides is 1. The normalized spacial score (nSPS) is 29.9. The van der Waals surface area contributed by atoms with E-state index in [1.54, 1.807) is 12.2 Å². The molecule has 62 valence electrons. The van der Waals surface area contributed by atoms with Gasteiger partial charge < -0.3 is 15.5 Å². The van der Waals surface area contributed by atoms with Crippen molar-refractivity contribution in [2.24, 2.45) is 0 Å². The lowest BCUT2D eigenvalue weighted by Gasteiger charge is -2.18. The Kier molecular flexibility index (Phi) is 2.48. The summed E-state index contributed by atoms with van der Waals surface area (Å²) < 4.78 is 0. The van der Waals surface area contributed by atoms with Crippen LogP contribution in [0.5, 0.6) is 0 Å². The number of carbonyl (C=O) groups is 1. The van der Waals surface area contributed by atoms with Crippen LogP contribution in [-0.4, -0.2) is 28.5 Å². The molecule has 1 aliphatic carbocycles. The van der Waals surface area contributed by atoms with Gasteiger partial charge in [0.2, 0.25) is 0 Å². The SMILES string of the molecule is O=C(O)NC1C=CC(O)CC1. The van der Waals surface area contributed by atoms with Gasteiger partial charge in [-0.1, -0.05) is 12.2 Å². The molecule has 0 aliphatic heterocycles. The Morgan fingerprint density at radius 1 is 1.45 bits per heavy atom. The lowest BCUT2D eigenvalue weighted by molar-refractivity contribution is 0.180. The number of aliphatic hydroxyl groups is 1. The number of hydrogen-bond acceptors (Lipinski definition) is 2. The molecule has 0 aromatic carbocycles. The van der Waals surface area contributed by atoms with Crippen LogP contribution in [0.2, 0.25) is 0 Å². The molecule has 0 aromatic heterocycles. The van der Waals surface area contributed by atoms with E-state index in [0.29, 0.717) is 12.8 Å². The van der Waals surface area contributed by atoms with Gasteiger partial charge in [-0.05, 0) is 12.8 Å². The summed E-state index contributed by atoms with van der Waals surface area (Å²) >= 11 is 0. The molecule has 1 aliphatic rings. The van der Waals surface area contributed by atoms with E-state index in [9.17, 15) is 4.79 Å². The van der Waals surface area contributed by atoms with Crippen molar-refractivity contribution in [1.82, 2.24) is 5.32 Å². The van der Waals surface area contributed by atoms with Gasteiger partial charge in [0, 0.05) is 0 Å². The molecule has 4 nitrogen and oxygen atoms in total. The molecule has 0 saturated carbocycles. The van der Waals surface area contributed by atoms with Crippen molar-refractivity contribution in [3.63, 3.8) is 0 Å². The van der Waals surface area contributed by atoms with Crippen molar-refractivity contribution < 1.29 is 15.0 Å². The second-order valence-corrected chi connectivity index (χ2v) is 2.59. The number of carboxylic acid groups (broad SMARTS) is 1. The minimum atomic E-state index is -1.02. The summed E-state index contributed by atoms with van der Waals surface area (Å²) in [6, 6.07) is -0.129. The fourth-order valence-corrected chi connectivity index (χ4v) is 1.08. The molecule has 1 rings (SSSR count). The topological polar surface area (TPSA) is 69.6 Å². The Balaban J connectivity index is 2.38. The Morgan fingerprint density at radius 3 is 2.64 bits per heavy atom. The Labute approximate surface area is 64.5 Å². The molecule has 3 N–H and O–H groups in total. The third-order valence-corrected chi connectivity index (χ3v) is 1.65. The molecule has 0 radical (unpaired) electrons. The highest BCUT2D eigenvalue weighted by Crippen LogP contribution is 2.10. The van der Waals surface area contributed by atoms with Crippen LogP contribution in [0.25, 0.3) is 0 Å². The van der Waals surface area contributed by atoms with Gasteiger partial charge in [-0.3, -0.25) is 0 Å². The minimum Gasteiger partial charge on any atom is -0.465 e. The third kappa shape index (κ3) is 2.59. The van der Waals surface area contributed by atoms with Gasteiger partial charge in [0.15, 0.2) is 0 Å². The van der Waals surface area contributed by atoms with Crippen LogP contribution in [0.4, 0.5) is 4.79 Å². The van der Waals surface area contributed by atoms with Crippen molar-refractivity contribution in [2.75, 3.05) is 0 Å². The van der Waals surface area contributed by atoms with Crippen LogP contribution in [-0.2, 0) is 0 Å². The molecule has 0 fully saturated rings. The van der Waals surface area contributed by atoms with Crippen LogP contribution in [0.1, 0.15) is 12.8 Å².